The van der Waals surface area contributed by atoms with E-state index in [-0.39, 0.29) is 5.91 Å². The van der Waals surface area contributed by atoms with Gasteiger partial charge in [-0.25, -0.2) is 9.97 Å². The number of carbonyl (C=O) groups excluding carboxylic acids is 1. The van der Waals surface area contributed by atoms with Crippen molar-refractivity contribution in [1.82, 2.24) is 14.9 Å². The maximum atomic E-state index is 12.6. The summed E-state index contributed by atoms with van der Waals surface area (Å²) < 4.78 is 0. The lowest BCUT2D eigenvalue weighted by Gasteiger charge is -2.21. The molecule has 146 valence electrons. The van der Waals surface area contributed by atoms with Crippen LogP contribution in [0.1, 0.15) is 42.6 Å². The number of hydrogen-bond acceptors (Lipinski definition) is 5. The Hall–Kier alpha value is -1.79. The second-order valence-corrected chi connectivity index (χ2v) is 7.83. The molecular weight excluding hydrogens is 380 g/mol. The Labute approximate surface area is 171 Å². The van der Waals surface area contributed by atoms with Crippen LogP contribution in [-0.2, 0) is 5.75 Å². The standard InChI is InChI=1S/C20H27ClN4OS/c1-5-11-25(12-6-2)19(26)16-9-7-15(8-10-16)14-27-20-22-17(21)13-18(23-20)24(3)4/h7-10,13H,5-6,11-12,14H2,1-4H3. The molecule has 0 unspecified atom stereocenters. The highest BCUT2D eigenvalue weighted by Gasteiger charge is 2.14. The van der Waals surface area contributed by atoms with E-state index in [1.807, 2.05) is 48.2 Å². The van der Waals surface area contributed by atoms with Crippen molar-refractivity contribution < 1.29 is 4.79 Å². The molecule has 0 fully saturated rings. The lowest BCUT2D eigenvalue weighted by Crippen LogP contribution is -2.32. The minimum Gasteiger partial charge on any atom is -0.363 e. The highest BCUT2D eigenvalue weighted by molar-refractivity contribution is 7.98. The minimum absolute atomic E-state index is 0.103. The summed E-state index contributed by atoms with van der Waals surface area (Å²) in [5.41, 5.74) is 1.85. The van der Waals surface area contributed by atoms with Gasteiger partial charge in [0.25, 0.3) is 5.91 Å². The Kier molecular flexibility index (Phi) is 8.38. The van der Waals surface area contributed by atoms with Crippen LogP contribution in [0.4, 0.5) is 5.82 Å². The monoisotopic (exact) mass is 406 g/mol. The van der Waals surface area contributed by atoms with Crippen molar-refractivity contribution >= 4 is 35.1 Å². The van der Waals surface area contributed by atoms with Crippen molar-refractivity contribution in [2.45, 2.75) is 37.6 Å². The van der Waals surface area contributed by atoms with E-state index in [2.05, 4.69) is 23.8 Å². The second-order valence-electron chi connectivity index (χ2n) is 6.50. The summed E-state index contributed by atoms with van der Waals surface area (Å²) >= 11 is 7.61. The van der Waals surface area contributed by atoms with E-state index >= 15 is 0 Å². The number of amides is 1. The first kappa shape index (κ1) is 21.5. The van der Waals surface area contributed by atoms with Crippen molar-refractivity contribution in [2.24, 2.45) is 0 Å². The van der Waals surface area contributed by atoms with Crippen LogP contribution in [-0.4, -0.2) is 48.0 Å². The molecule has 0 aliphatic carbocycles. The number of benzene rings is 1. The van der Waals surface area contributed by atoms with E-state index in [9.17, 15) is 4.79 Å². The van der Waals surface area contributed by atoms with Crippen LogP contribution < -0.4 is 4.90 Å². The van der Waals surface area contributed by atoms with E-state index in [0.29, 0.717) is 10.3 Å². The molecule has 7 heteroatoms. The summed E-state index contributed by atoms with van der Waals surface area (Å²) in [6, 6.07) is 9.53. The van der Waals surface area contributed by atoms with Gasteiger partial charge in [0, 0.05) is 44.6 Å². The molecule has 2 aromatic rings. The lowest BCUT2D eigenvalue weighted by atomic mass is 10.1. The number of thioether (sulfide) groups is 1. The first-order valence-electron chi connectivity index (χ1n) is 9.17. The normalized spacial score (nSPS) is 10.7. The van der Waals surface area contributed by atoms with Crippen LogP contribution in [0, 0.1) is 0 Å². The molecule has 0 saturated heterocycles. The Balaban J connectivity index is 2.02. The molecule has 27 heavy (non-hydrogen) atoms. The van der Waals surface area contributed by atoms with Gasteiger partial charge in [-0.1, -0.05) is 49.3 Å². The highest BCUT2D eigenvalue weighted by atomic mass is 35.5. The summed E-state index contributed by atoms with van der Waals surface area (Å²) in [5.74, 6) is 1.60. The number of anilines is 1. The summed E-state index contributed by atoms with van der Waals surface area (Å²) in [6.07, 6.45) is 1.93. The molecule has 0 bridgehead atoms. The number of halogens is 1. The summed E-state index contributed by atoms with van der Waals surface area (Å²) in [5, 5.41) is 1.08. The first-order valence-corrected chi connectivity index (χ1v) is 10.5. The Morgan fingerprint density at radius 1 is 1.07 bits per heavy atom. The molecule has 0 atom stereocenters. The smallest absolute Gasteiger partial charge is 0.253 e. The van der Waals surface area contributed by atoms with Gasteiger partial charge < -0.3 is 9.80 Å². The maximum Gasteiger partial charge on any atom is 0.253 e. The van der Waals surface area contributed by atoms with Gasteiger partial charge in [0.05, 0.1) is 0 Å². The molecular formula is C20H27ClN4OS. The topological polar surface area (TPSA) is 49.3 Å². The summed E-state index contributed by atoms with van der Waals surface area (Å²) in [6.45, 7) is 5.78. The fraction of sp³-hybridized carbons (Fsp3) is 0.450. The average molecular weight is 407 g/mol. The van der Waals surface area contributed by atoms with E-state index in [1.54, 1.807) is 6.07 Å². The van der Waals surface area contributed by atoms with Gasteiger partial charge in [-0.05, 0) is 30.5 Å². The lowest BCUT2D eigenvalue weighted by molar-refractivity contribution is 0.0755. The Bertz CT molecular complexity index is 746. The molecule has 0 spiro atoms. The number of rotatable bonds is 9. The van der Waals surface area contributed by atoms with E-state index < -0.39 is 0 Å². The second kappa shape index (κ2) is 10.5. The molecule has 2 rings (SSSR count). The van der Waals surface area contributed by atoms with Gasteiger partial charge in [-0.2, -0.15) is 0 Å². The number of nitrogens with zero attached hydrogens (tertiary/aromatic N) is 4. The molecule has 1 aromatic carbocycles. The predicted octanol–water partition coefficient (Wildman–Crippen LogP) is 4.75. The molecule has 0 aliphatic rings. The van der Waals surface area contributed by atoms with Crippen LogP contribution in [0.2, 0.25) is 5.15 Å². The van der Waals surface area contributed by atoms with Crippen LogP contribution in [0.15, 0.2) is 35.5 Å². The van der Waals surface area contributed by atoms with Crippen molar-refractivity contribution in [1.29, 1.82) is 0 Å². The van der Waals surface area contributed by atoms with Gasteiger partial charge in [-0.15, -0.1) is 0 Å². The van der Waals surface area contributed by atoms with E-state index in [0.717, 1.165) is 48.6 Å². The molecule has 0 saturated carbocycles. The van der Waals surface area contributed by atoms with Crippen LogP contribution >= 0.6 is 23.4 Å². The number of carbonyl (C=O) groups is 1. The average Bonchev–Trinajstić information content (AvgIpc) is 2.65. The fourth-order valence-electron chi connectivity index (χ4n) is 2.61. The summed E-state index contributed by atoms with van der Waals surface area (Å²) in [7, 11) is 3.84. The molecule has 0 N–H and O–H groups in total. The van der Waals surface area contributed by atoms with Crippen molar-refractivity contribution in [3.05, 3.63) is 46.6 Å². The fourth-order valence-corrected chi connectivity index (χ4v) is 3.64. The molecule has 0 radical (unpaired) electrons. The van der Waals surface area contributed by atoms with Crippen molar-refractivity contribution in [3.63, 3.8) is 0 Å². The van der Waals surface area contributed by atoms with Crippen molar-refractivity contribution in [2.75, 3.05) is 32.1 Å². The molecule has 1 amide bonds. The molecule has 1 heterocycles. The third-order valence-corrected chi connectivity index (χ3v) is 5.07. The third kappa shape index (κ3) is 6.40. The van der Waals surface area contributed by atoms with Gasteiger partial charge >= 0.3 is 0 Å². The zero-order valence-electron chi connectivity index (χ0n) is 16.4. The zero-order chi connectivity index (χ0) is 19.8. The largest absolute Gasteiger partial charge is 0.363 e. The van der Waals surface area contributed by atoms with Gasteiger partial charge in [0.15, 0.2) is 5.16 Å². The van der Waals surface area contributed by atoms with Crippen LogP contribution in [0.25, 0.3) is 0 Å². The van der Waals surface area contributed by atoms with Crippen LogP contribution in [0.3, 0.4) is 0 Å². The minimum atomic E-state index is 0.103. The number of aromatic nitrogens is 2. The van der Waals surface area contributed by atoms with Crippen molar-refractivity contribution in [3.8, 4) is 0 Å². The third-order valence-electron chi connectivity index (χ3n) is 3.96. The quantitative estimate of drug-likeness (QED) is 0.341. The van der Waals surface area contributed by atoms with E-state index in [1.165, 1.54) is 11.8 Å². The highest BCUT2D eigenvalue weighted by Crippen LogP contribution is 2.24. The SMILES string of the molecule is CCCN(CCC)C(=O)c1ccc(CSc2nc(Cl)cc(N(C)C)n2)cc1. The van der Waals surface area contributed by atoms with Crippen LogP contribution in [0.5, 0.6) is 0 Å². The summed E-state index contributed by atoms with van der Waals surface area (Å²) in [4.78, 5) is 25.2. The molecule has 0 aliphatic heterocycles. The molecule has 5 nitrogen and oxygen atoms in total. The van der Waals surface area contributed by atoms with Gasteiger partial charge in [0.2, 0.25) is 0 Å². The van der Waals surface area contributed by atoms with E-state index in [4.69, 9.17) is 11.6 Å². The Morgan fingerprint density at radius 2 is 1.70 bits per heavy atom. The Morgan fingerprint density at radius 3 is 2.26 bits per heavy atom. The number of hydrogen-bond donors (Lipinski definition) is 0. The predicted molar refractivity (Wildman–Crippen MR) is 114 cm³/mol. The maximum absolute atomic E-state index is 12.6. The molecule has 1 aromatic heterocycles. The van der Waals surface area contributed by atoms with Gasteiger partial charge in [0.1, 0.15) is 11.0 Å². The first-order chi connectivity index (χ1) is 12.9. The van der Waals surface area contributed by atoms with Gasteiger partial charge in [-0.3, -0.25) is 4.79 Å². The zero-order valence-corrected chi connectivity index (χ0v) is 18.0.